The molecule has 0 atom stereocenters. The number of halogens is 1. The summed E-state index contributed by atoms with van der Waals surface area (Å²) >= 11 is 2.14. The Labute approximate surface area is 107 Å². The van der Waals surface area contributed by atoms with E-state index in [0.29, 0.717) is 17.5 Å². The third-order valence-electron chi connectivity index (χ3n) is 1.87. The van der Waals surface area contributed by atoms with Gasteiger partial charge in [0.2, 0.25) is 0 Å². The molecule has 0 bridgehead atoms. The van der Waals surface area contributed by atoms with Gasteiger partial charge in [0.1, 0.15) is 0 Å². The van der Waals surface area contributed by atoms with Crippen LogP contribution in [-0.2, 0) is 0 Å². The van der Waals surface area contributed by atoms with Crippen molar-refractivity contribution in [3.8, 4) is 17.5 Å². The van der Waals surface area contributed by atoms with E-state index in [0.717, 1.165) is 3.57 Å². The van der Waals surface area contributed by atoms with Gasteiger partial charge in [-0.25, -0.2) is 9.97 Å². The molecule has 0 aliphatic heterocycles. The number of nitrogens with zero attached hydrogens (tertiary/aromatic N) is 2. The van der Waals surface area contributed by atoms with Crippen LogP contribution in [0.15, 0.2) is 36.7 Å². The summed E-state index contributed by atoms with van der Waals surface area (Å²) in [4.78, 5) is 8.11. The van der Waals surface area contributed by atoms with Crippen molar-refractivity contribution in [1.82, 2.24) is 9.97 Å². The molecule has 5 heteroatoms. The maximum Gasteiger partial charge on any atom is 0.322 e. The Hall–Kier alpha value is -1.37. The van der Waals surface area contributed by atoms with Gasteiger partial charge in [0.05, 0.1) is 7.11 Å². The van der Waals surface area contributed by atoms with E-state index in [-0.39, 0.29) is 0 Å². The molecule has 0 aliphatic carbocycles. The van der Waals surface area contributed by atoms with Crippen molar-refractivity contribution in [2.75, 3.05) is 7.11 Å². The van der Waals surface area contributed by atoms with Gasteiger partial charge in [-0.1, -0.05) is 12.1 Å². The van der Waals surface area contributed by atoms with E-state index < -0.39 is 0 Å². The van der Waals surface area contributed by atoms with Crippen LogP contribution >= 0.6 is 22.6 Å². The summed E-state index contributed by atoms with van der Waals surface area (Å²) in [5, 5.41) is 0. The molecule has 0 spiro atoms. The predicted octanol–water partition coefficient (Wildman–Crippen LogP) is 2.88. The quantitative estimate of drug-likeness (QED) is 0.813. The van der Waals surface area contributed by atoms with Crippen LogP contribution in [0.25, 0.3) is 0 Å². The number of rotatable bonds is 3. The molecule has 0 amide bonds. The van der Waals surface area contributed by atoms with E-state index >= 15 is 0 Å². The minimum absolute atomic E-state index is 0.310. The molecular formula is C11H9IN2O2. The average molecular weight is 328 g/mol. The van der Waals surface area contributed by atoms with Crippen LogP contribution in [0.1, 0.15) is 0 Å². The van der Waals surface area contributed by atoms with Crippen LogP contribution in [0, 0.1) is 3.57 Å². The molecule has 1 heterocycles. The SMILES string of the molecule is COc1ccccc1Oc1ncc(I)cn1. The second-order valence-electron chi connectivity index (χ2n) is 2.94. The van der Waals surface area contributed by atoms with Gasteiger partial charge in [0.25, 0.3) is 0 Å². The fourth-order valence-corrected chi connectivity index (χ4v) is 1.43. The normalized spacial score (nSPS) is 9.88. The van der Waals surface area contributed by atoms with Crippen molar-refractivity contribution in [3.05, 3.63) is 40.2 Å². The Morgan fingerprint density at radius 2 is 1.69 bits per heavy atom. The molecule has 2 aromatic rings. The van der Waals surface area contributed by atoms with Crippen LogP contribution in [0.4, 0.5) is 0 Å². The highest BCUT2D eigenvalue weighted by Crippen LogP contribution is 2.28. The van der Waals surface area contributed by atoms with Gasteiger partial charge in [0.15, 0.2) is 11.5 Å². The van der Waals surface area contributed by atoms with Gasteiger partial charge in [-0.05, 0) is 34.7 Å². The standard InChI is InChI=1S/C11H9IN2O2/c1-15-9-4-2-3-5-10(9)16-11-13-6-8(12)7-14-11/h2-7H,1H3. The monoisotopic (exact) mass is 328 g/mol. The molecule has 0 radical (unpaired) electrons. The number of ether oxygens (including phenoxy) is 2. The molecule has 0 saturated heterocycles. The molecule has 82 valence electrons. The zero-order chi connectivity index (χ0) is 11.4. The third kappa shape index (κ3) is 2.60. The lowest BCUT2D eigenvalue weighted by Crippen LogP contribution is -1.94. The lowest BCUT2D eigenvalue weighted by molar-refractivity contribution is 0.368. The lowest BCUT2D eigenvalue weighted by atomic mass is 10.3. The number of benzene rings is 1. The molecule has 0 unspecified atom stereocenters. The van der Waals surface area contributed by atoms with Gasteiger partial charge in [-0.3, -0.25) is 0 Å². The Kier molecular flexibility index (Phi) is 3.55. The van der Waals surface area contributed by atoms with Crippen LogP contribution in [0.2, 0.25) is 0 Å². The van der Waals surface area contributed by atoms with E-state index in [4.69, 9.17) is 9.47 Å². The van der Waals surface area contributed by atoms with Crippen molar-refractivity contribution in [2.45, 2.75) is 0 Å². The summed E-state index contributed by atoms with van der Waals surface area (Å²) in [6, 6.07) is 7.68. The highest BCUT2D eigenvalue weighted by atomic mass is 127. The second kappa shape index (κ2) is 5.11. The van der Waals surface area contributed by atoms with Crippen molar-refractivity contribution < 1.29 is 9.47 Å². The van der Waals surface area contributed by atoms with Crippen LogP contribution in [-0.4, -0.2) is 17.1 Å². The first-order valence-corrected chi connectivity index (χ1v) is 5.66. The van der Waals surface area contributed by atoms with Crippen LogP contribution in [0.5, 0.6) is 17.5 Å². The van der Waals surface area contributed by atoms with Crippen LogP contribution < -0.4 is 9.47 Å². The topological polar surface area (TPSA) is 44.2 Å². The van der Waals surface area contributed by atoms with Gasteiger partial charge >= 0.3 is 6.01 Å². The number of hydrogen-bond acceptors (Lipinski definition) is 4. The summed E-state index contributed by atoms with van der Waals surface area (Å²) in [7, 11) is 1.59. The molecule has 0 aliphatic rings. The predicted molar refractivity (Wildman–Crippen MR) is 67.8 cm³/mol. The minimum Gasteiger partial charge on any atom is -0.493 e. The van der Waals surface area contributed by atoms with Gasteiger partial charge < -0.3 is 9.47 Å². The minimum atomic E-state index is 0.310. The summed E-state index contributed by atoms with van der Waals surface area (Å²) in [6.07, 6.45) is 3.39. The second-order valence-corrected chi connectivity index (χ2v) is 4.18. The van der Waals surface area contributed by atoms with Crippen molar-refractivity contribution in [2.24, 2.45) is 0 Å². The summed E-state index contributed by atoms with van der Waals surface area (Å²) < 4.78 is 11.6. The summed E-state index contributed by atoms with van der Waals surface area (Å²) in [5.74, 6) is 1.26. The maximum atomic E-state index is 5.50. The Balaban J connectivity index is 2.23. The molecule has 16 heavy (non-hydrogen) atoms. The van der Waals surface area contributed by atoms with Crippen molar-refractivity contribution in [3.63, 3.8) is 0 Å². The molecule has 2 rings (SSSR count). The van der Waals surface area contributed by atoms with Crippen LogP contribution in [0.3, 0.4) is 0 Å². The molecule has 0 saturated carbocycles. The average Bonchev–Trinajstić information content (AvgIpc) is 2.33. The zero-order valence-corrected chi connectivity index (χ0v) is 10.7. The maximum absolute atomic E-state index is 5.50. The molecular weight excluding hydrogens is 319 g/mol. The molecule has 1 aromatic carbocycles. The molecule has 0 fully saturated rings. The first-order valence-electron chi connectivity index (χ1n) is 4.58. The van der Waals surface area contributed by atoms with Gasteiger partial charge in [0, 0.05) is 16.0 Å². The fourth-order valence-electron chi connectivity index (χ4n) is 1.15. The lowest BCUT2D eigenvalue weighted by Gasteiger charge is -2.07. The van der Waals surface area contributed by atoms with E-state index in [1.807, 2.05) is 18.2 Å². The Morgan fingerprint density at radius 1 is 1.06 bits per heavy atom. The van der Waals surface area contributed by atoms with E-state index in [2.05, 4.69) is 32.6 Å². The zero-order valence-electron chi connectivity index (χ0n) is 8.55. The molecule has 0 N–H and O–H groups in total. The van der Waals surface area contributed by atoms with Gasteiger partial charge in [-0.2, -0.15) is 0 Å². The molecule has 1 aromatic heterocycles. The number of hydrogen-bond donors (Lipinski definition) is 0. The largest absolute Gasteiger partial charge is 0.493 e. The molecule has 4 nitrogen and oxygen atoms in total. The first-order chi connectivity index (χ1) is 7.79. The number of methoxy groups -OCH3 is 1. The smallest absolute Gasteiger partial charge is 0.322 e. The van der Waals surface area contributed by atoms with E-state index in [1.54, 1.807) is 25.6 Å². The Bertz CT molecular complexity index is 474. The number of aromatic nitrogens is 2. The van der Waals surface area contributed by atoms with Crippen molar-refractivity contribution >= 4 is 22.6 Å². The fraction of sp³-hybridized carbons (Fsp3) is 0.0909. The first kappa shape index (κ1) is 11.1. The summed E-state index contributed by atoms with van der Waals surface area (Å²) in [5.41, 5.74) is 0. The van der Waals surface area contributed by atoms with Crippen molar-refractivity contribution in [1.29, 1.82) is 0 Å². The van der Waals surface area contributed by atoms with Gasteiger partial charge in [-0.15, -0.1) is 0 Å². The van der Waals surface area contributed by atoms with E-state index in [1.165, 1.54) is 0 Å². The van der Waals surface area contributed by atoms with E-state index in [9.17, 15) is 0 Å². The number of para-hydroxylation sites is 2. The summed E-state index contributed by atoms with van der Waals surface area (Å²) in [6.45, 7) is 0. The Morgan fingerprint density at radius 3 is 2.31 bits per heavy atom. The highest BCUT2D eigenvalue weighted by Gasteiger charge is 2.05. The highest BCUT2D eigenvalue weighted by molar-refractivity contribution is 14.1. The third-order valence-corrected chi connectivity index (χ3v) is 2.42.